The molecule has 0 aliphatic heterocycles. The number of hydrogen-bond donors (Lipinski definition) is 1. The molecule has 0 amide bonds. The summed E-state index contributed by atoms with van der Waals surface area (Å²) in [5, 5.41) is 9.73. The molecule has 2 rings (SSSR count). The molecular weight excluding hydrogens is 400 g/mol. The number of benzene rings is 2. The molecule has 0 aromatic heterocycles. The standard InChI is InChI=1S/C20H26O2Te/c1-6-7-8-22-18-11-15(4)20(16(5)12-18)23-19-13(2)9-17(21)10-14(19)3/h9-12,21H,6-8H2,1-5H3. The normalized spacial score (nSPS) is 10.8. The van der Waals surface area contributed by atoms with Crippen molar-refractivity contribution in [2.75, 3.05) is 6.61 Å². The van der Waals surface area contributed by atoms with Crippen molar-refractivity contribution in [3.05, 3.63) is 46.5 Å². The molecule has 0 atom stereocenters. The summed E-state index contributed by atoms with van der Waals surface area (Å²) >= 11 is -0.478. The van der Waals surface area contributed by atoms with E-state index in [9.17, 15) is 5.11 Å². The van der Waals surface area contributed by atoms with Crippen LogP contribution < -0.4 is 12.0 Å². The number of ether oxygens (including phenoxy) is 1. The second-order valence-corrected chi connectivity index (χ2v) is 9.01. The first-order chi connectivity index (χ1) is 10.9. The molecule has 2 aromatic rings. The van der Waals surface area contributed by atoms with E-state index in [2.05, 4.69) is 46.8 Å². The quantitative estimate of drug-likeness (QED) is 0.567. The van der Waals surface area contributed by atoms with E-state index < -0.39 is 20.9 Å². The Morgan fingerprint density at radius 3 is 1.83 bits per heavy atom. The van der Waals surface area contributed by atoms with Crippen molar-refractivity contribution in [2.45, 2.75) is 47.5 Å². The molecule has 0 bridgehead atoms. The van der Waals surface area contributed by atoms with Crippen molar-refractivity contribution in [2.24, 2.45) is 0 Å². The van der Waals surface area contributed by atoms with Gasteiger partial charge in [-0.2, -0.15) is 0 Å². The Kier molecular flexibility index (Phi) is 6.39. The van der Waals surface area contributed by atoms with E-state index in [4.69, 9.17) is 4.74 Å². The molecule has 0 heterocycles. The SMILES string of the molecule is CCCCOc1cc(C)c([Te]c2c(C)cc(O)cc2C)c(C)c1. The minimum atomic E-state index is -0.478. The zero-order valence-electron chi connectivity index (χ0n) is 14.7. The third-order valence-electron chi connectivity index (χ3n) is 3.85. The van der Waals surface area contributed by atoms with E-state index in [0.29, 0.717) is 5.75 Å². The average Bonchev–Trinajstić information content (AvgIpc) is 2.45. The molecule has 2 nitrogen and oxygen atoms in total. The first-order valence-corrected chi connectivity index (χ1v) is 10.5. The van der Waals surface area contributed by atoms with Gasteiger partial charge in [-0.15, -0.1) is 0 Å². The van der Waals surface area contributed by atoms with Gasteiger partial charge in [0, 0.05) is 0 Å². The number of phenolic OH excluding ortho intramolecular Hbond substituents is 1. The van der Waals surface area contributed by atoms with Crippen LogP contribution in [0.15, 0.2) is 24.3 Å². The molecule has 23 heavy (non-hydrogen) atoms. The third-order valence-corrected chi connectivity index (χ3v) is 8.69. The summed E-state index contributed by atoms with van der Waals surface area (Å²) in [6.07, 6.45) is 2.25. The summed E-state index contributed by atoms with van der Waals surface area (Å²) in [7, 11) is 0. The van der Waals surface area contributed by atoms with Crippen molar-refractivity contribution >= 4 is 28.1 Å². The van der Waals surface area contributed by atoms with Crippen LogP contribution in [0.2, 0.25) is 0 Å². The first kappa shape index (κ1) is 18.2. The van der Waals surface area contributed by atoms with Crippen LogP contribution in [0.3, 0.4) is 0 Å². The maximum atomic E-state index is 9.73. The summed E-state index contributed by atoms with van der Waals surface area (Å²) in [6.45, 7) is 11.5. The van der Waals surface area contributed by atoms with Crippen LogP contribution in [0.5, 0.6) is 11.5 Å². The molecule has 2 aromatic carbocycles. The van der Waals surface area contributed by atoms with E-state index in [1.807, 2.05) is 12.1 Å². The number of aryl methyl sites for hydroxylation is 4. The summed E-state index contributed by atoms with van der Waals surface area (Å²) in [5.74, 6) is 1.35. The average molecular weight is 426 g/mol. The van der Waals surface area contributed by atoms with Crippen LogP contribution in [-0.4, -0.2) is 32.6 Å². The van der Waals surface area contributed by atoms with Gasteiger partial charge in [0.1, 0.15) is 0 Å². The fraction of sp³-hybridized carbons (Fsp3) is 0.400. The zero-order chi connectivity index (χ0) is 17.0. The Balaban J connectivity index is 2.27. The fourth-order valence-corrected chi connectivity index (χ4v) is 5.77. The van der Waals surface area contributed by atoms with Crippen LogP contribution in [0.25, 0.3) is 0 Å². The Bertz CT molecular complexity index is 646. The van der Waals surface area contributed by atoms with Crippen LogP contribution >= 0.6 is 0 Å². The van der Waals surface area contributed by atoms with Crippen LogP contribution in [0.4, 0.5) is 0 Å². The summed E-state index contributed by atoms with van der Waals surface area (Å²) in [4.78, 5) is 0. The Morgan fingerprint density at radius 1 is 0.870 bits per heavy atom. The molecule has 0 saturated heterocycles. The van der Waals surface area contributed by atoms with E-state index in [-0.39, 0.29) is 0 Å². The molecular formula is C20H26O2Te. The Morgan fingerprint density at radius 2 is 1.35 bits per heavy atom. The molecule has 0 aliphatic carbocycles. The van der Waals surface area contributed by atoms with Gasteiger partial charge < -0.3 is 0 Å². The van der Waals surface area contributed by atoms with E-state index in [0.717, 1.165) is 25.2 Å². The number of rotatable bonds is 6. The maximum absolute atomic E-state index is 9.73. The van der Waals surface area contributed by atoms with Crippen molar-refractivity contribution < 1.29 is 9.84 Å². The van der Waals surface area contributed by atoms with Gasteiger partial charge in [0.15, 0.2) is 0 Å². The van der Waals surface area contributed by atoms with Crippen LogP contribution in [-0.2, 0) is 0 Å². The monoisotopic (exact) mass is 428 g/mol. The second-order valence-electron chi connectivity index (χ2n) is 6.10. The van der Waals surface area contributed by atoms with Crippen molar-refractivity contribution in [3.63, 3.8) is 0 Å². The molecule has 0 fully saturated rings. The van der Waals surface area contributed by atoms with E-state index in [1.165, 1.54) is 29.5 Å². The molecule has 3 heteroatoms. The third kappa shape index (κ3) is 4.66. The molecule has 124 valence electrons. The van der Waals surface area contributed by atoms with E-state index in [1.54, 1.807) is 0 Å². The predicted octanol–water partition coefficient (Wildman–Crippen LogP) is 3.46. The first-order valence-electron chi connectivity index (χ1n) is 8.14. The van der Waals surface area contributed by atoms with Crippen LogP contribution in [0, 0.1) is 27.7 Å². The van der Waals surface area contributed by atoms with Gasteiger partial charge in [-0.25, -0.2) is 0 Å². The van der Waals surface area contributed by atoms with Gasteiger partial charge in [0.25, 0.3) is 0 Å². The summed E-state index contributed by atoms with van der Waals surface area (Å²) < 4.78 is 8.77. The number of hydrogen-bond acceptors (Lipinski definition) is 2. The van der Waals surface area contributed by atoms with Gasteiger partial charge in [0.05, 0.1) is 0 Å². The Labute approximate surface area is 150 Å². The molecule has 0 unspecified atom stereocenters. The van der Waals surface area contributed by atoms with Crippen molar-refractivity contribution in [1.82, 2.24) is 0 Å². The number of aromatic hydroxyl groups is 1. The van der Waals surface area contributed by atoms with Gasteiger partial charge in [0.2, 0.25) is 0 Å². The van der Waals surface area contributed by atoms with Gasteiger partial charge in [-0.3, -0.25) is 0 Å². The second kappa shape index (κ2) is 8.08. The molecule has 0 spiro atoms. The minimum absolute atomic E-state index is 0.365. The van der Waals surface area contributed by atoms with Gasteiger partial charge in [-0.05, 0) is 0 Å². The van der Waals surface area contributed by atoms with Gasteiger partial charge >= 0.3 is 150 Å². The number of unbranched alkanes of at least 4 members (excludes halogenated alkanes) is 1. The molecule has 0 radical (unpaired) electrons. The topological polar surface area (TPSA) is 29.5 Å². The summed E-state index contributed by atoms with van der Waals surface area (Å²) in [6, 6.07) is 8.10. The molecule has 0 saturated carbocycles. The number of phenols is 1. The van der Waals surface area contributed by atoms with Crippen molar-refractivity contribution in [3.8, 4) is 11.5 Å². The zero-order valence-corrected chi connectivity index (χ0v) is 17.0. The fourth-order valence-electron chi connectivity index (χ4n) is 2.68. The van der Waals surface area contributed by atoms with Crippen LogP contribution in [0.1, 0.15) is 42.0 Å². The predicted molar refractivity (Wildman–Crippen MR) is 98.9 cm³/mol. The van der Waals surface area contributed by atoms with E-state index >= 15 is 0 Å². The molecule has 1 N–H and O–H groups in total. The van der Waals surface area contributed by atoms with Gasteiger partial charge in [-0.1, -0.05) is 0 Å². The molecule has 0 aliphatic rings. The Hall–Kier alpha value is -1.17. The van der Waals surface area contributed by atoms with Crippen molar-refractivity contribution in [1.29, 1.82) is 0 Å². The summed E-state index contributed by atoms with van der Waals surface area (Å²) in [5.41, 5.74) is 5.05.